The van der Waals surface area contributed by atoms with Gasteiger partial charge in [0.2, 0.25) is 0 Å². The first-order valence-corrected chi connectivity index (χ1v) is 4.32. The lowest BCUT2D eigenvalue weighted by Crippen LogP contribution is -1.95. The molecule has 0 aliphatic rings. The van der Waals surface area contributed by atoms with Crippen molar-refractivity contribution >= 4 is 17.3 Å². The van der Waals surface area contributed by atoms with Crippen LogP contribution < -0.4 is 0 Å². The second kappa shape index (κ2) is 2.98. The molecular weight excluding hydrogens is 190 g/mol. The number of nitrogens with zero attached hydrogens (tertiary/aromatic N) is 2. The van der Waals surface area contributed by atoms with Crippen LogP contribution in [0.5, 0.6) is 0 Å². The maximum Gasteiger partial charge on any atom is 0.353 e. The zero-order valence-electron chi connectivity index (χ0n) is 6.39. The molecule has 2 aromatic heterocycles. The molecule has 0 bridgehead atoms. The van der Waals surface area contributed by atoms with Crippen molar-refractivity contribution in [2.24, 2.45) is 0 Å². The van der Waals surface area contributed by atoms with E-state index in [0.29, 0.717) is 5.82 Å². The molecule has 2 heterocycles. The summed E-state index contributed by atoms with van der Waals surface area (Å²) in [6.45, 7) is 0. The monoisotopic (exact) mass is 195 g/mol. The Hall–Kier alpha value is -1.69. The number of nitrogens with one attached hydrogen (secondary N) is 1. The number of aromatic amines is 1. The Morgan fingerprint density at radius 3 is 2.92 bits per heavy atom. The van der Waals surface area contributed by atoms with Crippen molar-refractivity contribution in [3.63, 3.8) is 0 Å². The predicted octanol–water partition coefficient (Wildman–Crippen LogP) is 1.23. The molecule has 2 aromatic rings. The van der Waals surface area contributed by atoms with Crippen molar-refractivity contribution in [2.75, 3.05) is 0 Å². The molecule has 6 heteroatoms. The number of H-pyrrole nitrogens is 1. The molecule has 0 unspecified atom stereocenters. The highest BCUT2D eigenvalue weighted by Gasteiger charge is 2.08. The van der Waals surface area contributed by atoms with E-state index < -0.39 is 5.97 Å². The summed E-state index contributed by atoms with van der Waals surface area (Å²) in [7, 11) is 0. The lowest BCUT2D eigenvalue weighted by molar-refractivity contribution is 0.0691. The van der Waals surface area contributed by atoms with Crippen molar-refractivity contribution in [2.45, 2.75) is 0 Å². The third-order valence-electron chi connectivity index (χ3n) is 1.47. The second-order valence-corrected chi connectivity index (χ2v) is 3.20. The predicted molar refractivity (Wildman–Crippen MR) is 46.7 cm³/mol. The summed E-state index contributed by atoms with van der Waals surface area (Å²) >= 11 is 1.40. The van der Waals surface area contributed by atoms with Gasteiger partial charge in [-0.3, -0.25) is 4.98 Å². The first-order valence-electron chi connectivity index (χ1n) is 3.44. The summed E-state index contributed by atoms with van der Waals surface area (Å²) in [4.78, 5) is 21.8. The van der Waals surface area contributed by atoms with Gasteiger partial charge in [0.05, 0.1) is 16.6 Å². The van der Waals surface area contributed by atoms with E-state index in [1.54, 1.807) is 11.7 Å². The maximum absolute atomic E-state index is 10.5. The summed E-state index contributed by atoms with van der Waals surface area (Å²) in [5.41, 5.74) is 1.75. The molecule has 0 radical (unpaired) electrons. The van der Waals surface area contributed by atoms with E-state index in [0.717, 1.165) is 4.88 Å². The van der Waals surface area contributed by atoms with Crippen LogP contribution in [0.25, 0.3) is 10.7 Å². The Balaban J connectivity index is 2.39. The van der Waals surface area contributed by atoms with Gasteiger partial charge < -0.3 is 10.1 Å². The van der Waals surface area contributed by atoms with Crippen molar-refractivity contribution in [3.05, 3.63) is 23.6 Å². The van der Waals surface area contributed by atoms with Gasteiger partial charge in [0.25, 0.3) is 0 Å². The summed E-state index contributed by atoms with van der Waals surface area (Å²) in [6, 6.07) is 0. The van der Waals surface area contributed by atoms with Crippen LogP contribution in [0.3, 0.4) is 0 Å². The second-order valence-electron chi connectivity index (χ2n) is 2.32. The third-order valence-corrected chi connectivity index (χ3v) is 2.25. The number of hydrogen-bond donors (Lipinski definition) is 2. The fourth-order valence-corrected chi connectivity index (χ4v) is 1.46. The minimum absolute atomic E-state index is 0.0865. The highest BCUT2D eigenvalue weighted by molar-refractivity contribution is 7.13. The van der Waals surface area contributed by atoms with Crippen LogP contribution in [0.2, 0.25) is 0 Å². The average molecular weight is 195 g/mol. The van der Waals surface area contributed by atoms with Gasteiger partial charge in [-0.25, -0.2) is 9.78 Å². The topological polar surface area (TPSA) is 78.9 Å². The molecule has 66 valence electrons. The van der Waals surface area contributed by atoms with Crippen molar-refractivity contribution in [3.8, 4) is 10.7 Å². The van der Waals surface area contributed by atoms with Gasteiger partial charge in [0.1, 0.15) is 11.5 Å². The number of carbonyl (C=O) groups is 1. The van der Waals surface area contributed by atoms with Crippen molar-refractivity contribution in [1.82, 2.24) is 15.0 Å². The number of carboxylic acid groups (broad SMARTS) is 1. The van der Waals surface area contributed by atoms with Crippen LogP contribution in [-0.4, -0.2) is 26.0 Å². The van der Waals surface area contributed by atoms with Gasteiger partial charge in [-0.2, -0.15) is 0 Å². The zero-order chi connectivity index (χ0) is 9.26. The fraction of sp³-hybridized carbons (Fsp3) is 0. The molecule has 2 N–H and O–H groups in total. The first-order chi connectivity index (χ1) is 6.27. The first kappa shape index (κ1) is 7.93. The van der Waals surface area contributed by atoms with Crippen LogP contribution in [0.1, 0.15) is 10.5 Å². The van der Waals surface area contributed by atoms with Crippen LogP contribution in [0, 0.1) is 0 Å². The highest BCUT2D eigenvalue weighted by Crippen LogP contribution is 2.19. The standard InChI is InChI=1S/C7H5N3O2S/c11-7(12)4-1-9-6(10-4)5-2-8-3-13-5/h1-3H,(H,9,10)(H,11,12). The minimum Gasteiger partial charge on any atom is -0.477 e. The lowest BCUT2D eigenvalue weighted by Gasteiger charge is -1.86. The molecule has 0 aliphatic carbocycles. The van der Waals surface area contributed by atoms with Crippen molar-refractivity contribution < 1.29 is 9.90 Å². The molecule has 0 aliphatic heterocycles. The number of thiazole rings is 1. The normalized spacial score (nSPS) is 10.2. The van der Waals surface area contributed by atoms with Gasteiger partial charge in [-0.1, -0.05) is 0 Å². The molecule has 0 saturated heterocycles. The SMILES string of the molecule is O=C(O)c1cnc(-c2cncs2)[nH]1. The van der Waals surface area contributed by atoms with Gasteiger partial charge >= 0.3 is 5.97 Å². The van der Waals surface area contributed by atoms with E-state index in [1.807, 2.05) is 0 Å². The largest absolute Gasteiger partial charge is 0.477 e. The highest BCUT2D eigenvalue weighted by atomic mass is 32.1. The lowest BCUT2D eigenvalue weighted by atomic mass is 10.5. The molecule has 0 atom stereocenters. The Morgan fingerprint density at radius 2 is 2.38 bits per heavy atom. The molecule has 2 rings (SSSR count). The van der Waals surface area contributed by atoms with E-state index in [-0.39, 0.29) is 5.69 Å². The third kappa shape index (κ3) is 1.43. The van der Waals surface area contributed by atoms with E-state index in [1.165, 1.54) is 17.5 Å². The summed E-state index contributed by atoms with van der Waals surface area (Å²) in [5.74, 6) is -0.469. The molecule has 0 saturated carbocycles. The Labute approximate surface area is 77.1 Å². The Kier molecular flexibility index (Phi) is 1.82. The van der Waals surface area contributed by atoms with Gasteiger partial charge in [-0.05, 0) is 0 Å². The number of aromatic carboxylic acids is 1. The van der Waals surface area contributed by atoms with Crippen LogP contribution >= 0.6 is 11.3 Å². The number of imidazole rings is 1. The van der Waals surface area contributed by atoms with Gasteiger partial charge in [-0.15, -0.1) is 11.3 Å². The molecule has 0 fully saturated rings. The van der Waals surface area contributed by atoms with Crippen LogP contribution in [-0.2, 0) is 0 Å². The number of carboxylic acids is 1. The summed E-state index contributed by atoms with van der Waals surface area (Å²) in [5, 5.41) is 8.61. The number of hydrogen-bond acceptors (Lipinski definition) is 4. The molecular formula is C7H5N3O2S. The van der Waals surface area contributed by atoms with Crippen molar-refractivity contribution in [1.29, 1.82) is 0 Å². The fourth-order valence-electron chi connectivity index (χ4n) is 0.888. The molecule has 5 nitrogen and oxygen atoms in total. The summed E-state index contributed by atoms with van der Waals surface area (Å²) in [6.07, 6.45) is 2.92. The van der Waals surface area contributed by atoms with Gasteiger partial charge in [0, 0.05) is 6.20 Å². The molecule has 13 heavy (non-hydrogen) atoms. The van der Waals surface area contributed by atoms with Crippen LogP contribution in [0.4, 0.5) is 0 Å². The Bertz CT molecular complexity index is 421. The van der Waals surface area contributed by atoms with E-state index in [2.05, 4.69) is 15.0 Å². The maximum atomic E-state index is 10.5. The number of aromatic nitrogens is 3. The molecule has 0 aromatic carbocycles. The minimum atomic E-state index is -1.01. The van der Waals surface area contributed by atoms with E-state index in [9.17, 15) is 4.79 Å². The Morgan fingerprint density at radius 1 is 1.54 bits per heavy atom. The van der Waals surface area contributed by atoms with E-state index in [4.69, 9.17) is 5.11 Å². The quantitative estimate of drug-likeness (QED) is 0.755. The number of rotatable bonds is 2. The smallest absolute Gasteiger partial charge is 0.353 e. The average Bonchev–Trinajstić information content (AvgIpc) is 2.75. The zero-order valence-corrected chi connectivity index (χ0v) is 7.21. The van der Waals surface area contributed by atoms with Gasteiger partial charge in [0.15, 0.2) is 0 Å². The summed E-state index contributed by atoms with van der Waals surface area (Å²) < 4.78 is 0. The van der Waals surface area contributed by atoms with Crippen LogP contribution in [0.15, 0.2) is 17.9 Å². The van der Waals surface area contributed by atoms with E-state index >= 15 is 0 Å². The molecule has 0 spiro atoms. The molecule has 0 amide bonds.